The molecule has 1 unspecified atom stereocenters. The number of rotatable bonds is 3. The Hall–Kier alpha value is -1.21. The Bertz CT molecular complexity index is 468. The lowest BCUT2D eigenvalue weighted by molar-refractivity contribution is 0.120. The SMILES string of the molecule is S=c1nc(NCC2CCCO2)nc2n1CCN2. The highest BCUT2D eigenvalue weighted by atomic mass is 32.1. The average Bonchev–Trinajstić information content (AvgIpc) is 2.97. The number of hydrogen-bond donors (Lipinski definition) is 2. The molecule has 0 bridgehead atoms. The number of hydrogen-bond acceptors (Lipinski definition) is 6. The summed E-state index contributed by atoms with van der Waals surface area (Å²) in [5.74, 6) is 1.39. The van der Waals surface area contributed by atoms with E-state index in [2.05, 4.69) is 20.6 Å². The first kappa shape index (κ1) is 10.9. The highest BCUT2D eigenvalue weighted by Crippen LogP contribution is 2.15. The molecule has 2 aliphatic heterocycles. The van der Waals surface area contributed by atoms with Crippen molar-refractivity contribution in [3.63, 3.8) is 0 Å². The maximum absolute atomic E-state index is 5.53. The van der Waals surface area contributed by atoms with Crippen LogP contribution in [0.4, 0.5) is 11.9 Å². The lowest BCUT2D eigenvalue weighted by atomic mass is 10.2. The van der Waals surface area contributed by atoms with Crippen LogP contribution in [-0.4, -0.2) is 40.3 Å². The van der Waals surface area contributed by atoms with Crippen LogP contribution in [0.15, 0.2) is 0 Å². The quantitative estimate of drug-likeness (QED) is 0.784. The molecule has 1 saturated heterocycles. The van der Waals surface area contributed by atoms with Crippen LogP contribution in [0.25, 0.3) is 0 Å². The van der Waals surface area contributed by atoms with Crippen LogP contribution < -0.4 is 10.6 Å². The molecule has 1 fully saturated rings. The molecule has 3 heterocycles. The molecular weight excluding hydrogens is 238 g/mol. The molecule has 2 N–H and O–H groups in total. The molecule has 1 aromatic heterocycles. The Morgan fingerprint density at radius 1 is 1.53 bits per heavy atom. The van der Waals surface area contributed by atoms with Crippen LogP contribution in [-0.2, 0) is 11.3 Å². The van der Waals surface area contributed by atoms with Gasteiger partial charge in [0, 0.05) is 26.2 Å². The number of fused-ring (bicyclic) bond motifs is 1. The summed E-state index contributed by atoms with van der Waals surface area (Å²) in [6, 6.07) is 0. The number of anilines is 2. The van der Waals surface area contributed by atoms with Gasteiger partial charge in [-0.05, 0) is 25.1 Å². The van der Waals surface area contributed by atoms with Crippen LogP contribution in [0.2, 0.25) is 0 Å². The minimum Gasteiger partial charge on any atom is -0.376 e. The first-order valence-electron chi connectivity index (χ1n) is 5.91. The summed E-state index contributed by atoms with van der Waals surface area (Å²) in [5.41, 5.74) is 0. The lowest BCUT2D eigenvalue weighted by Gasteiger charge is -2.11. The fourth-order valence-electron chi connectivity index (χ4n) is 2.13. The second-order valence-corrected chi connectivity index (χ2v) is 4.61. The number of nitrogens with zero attached hydrogens (tertiary/aromatic N) is 3. The summed E-state index contributed by atoms with van der Waals surface area (Å²) in [4.78, 5) is 8.65. The Morgan fingerprint density at radius 3 is 3.29 bits per heavy atom. The third-order valence-corrected chi connectivity index (χ3v) is 3.34. The van der Waals surface area contributed by atoms with Crippen molar-refractivity contribution in [2.24, 2.45) is 0 Å². The van der Waals surface area contributed by atoms with Crippen LogP contribution >= 0.6 is 12.2 Å². The average molecular weight is 253 g/mol. The normalized spacial score (nSPS) is 22.2. The minimum atomic E-state index is 0.279. The van der Waals surface area contributed by atoms with Gasteiger partial charge in [0.15, 0.2) is 0 Å². The zero-order valence-corrected chi connectivity index (χ0v) is 10.3. The molecule has 17 heavy (non-hydrogen) atoms. The third-order valence-electron chi connectivity index (χ3n) is 3.03. The summed E-state index contributed by atoms with van der Waals surface area (Å²) < 4.78 is 8.02. The molecule has 0 aromatic carbocycles. The molecule has 1 atom stereocenters. The van der Waals surface area contributed by atoms with Gasteiger partial charge in [-0.2, -0.15) is 9.97 Å². The van der Waals surface area contributed by atoms with Gasteiger partial charge in [0.05, 0.1) is 6.10 Å². The molecule has 1 aromatic rings. The predicted octanol–water partition coefficient (Wildman–Crippen LogP) is 1.02. The van der Waals surface area contributed by atoms with Crippen LogP contribution in [0.5, 0.6) is 0 Å². The zero-order valence-electron chi connectivity index (χ0n) is 9.48. The maximum atomic E-state index is 5.53. The van der Waals surface area contributed by atoms with Crippen LogP contribution in [0, 0.1) is 4.77 Å². The van der Waals surface area contributed by atoms with E-state index in [-0.39, 0.29) is 6.10 Å². The van der Waals surface area contributed by atoms with Gasteiger partial charge in [0.1, 0.15) is 0 Å². The summed E-state index contributed by atoms with van der Waals surface area (Å²) in [6.45, 7) is 3.33. The Kier molecular flexibility index (Phi) is 2.94. The molecule has 2 aliphatic rings. The van der Waals surface area contributed by atoms with Gasteiger partial charge in [0.2, 0.25) is 16.7 Å². The van der Waals surface area contributed by atoms with E-state index in [0.29, 0.717) is 10.7 Å². The molecule has 0 amide bonds. The Balaban J connectivity index is 1.71. The van der Waals surface area contributed by atoms with Crippen molar-refractivity contribution in [3.8, 4) is 0 Å². The molecule has 7 heteroatoms. The van der Waals surface area contributed by atoms with E-state index in [1.165, 1.54) is 0 Å². The van der Waals surface area contributed by atoms with E-state index in [4.69, 9.17) is 17.0 Å². The summed E-state index contributed by atoms with van der Waals surface area (Å²) in [7, 11) is 0. The van der Waals surface area contributed by atoms with E-state index < -0.39 is 0 Å². The fraction of sp³-hybridized carbons (Fsp3) is 0.700. The second kappa shape index (κ2) is 4.58. The van der Waals surface area contributed by atoms with Crippen molar-refractivity contribution in [2.45, 2.75) is 25.5 Å². The first-order chi connectivity index (χ1) is 8.33. The highest BCUT2D eigenvalue weighted by Gasteiger charge is 2.17. The van der Waals surface area contributed by atoms with Crippen molar-refractivity contribution in [1.82, 2.24) is 14.5 Å². The van der Waals surface area contributed by atoms with E-state index in [0.717, 1.165) is 45.0 Å². The summed E-state index contributed by atoms with van der Waals surface area (Å²) in [5, 5.41) is 6.37. The van der Waals surface area contributed by atoms with Crippen molar-refractivity contribution in [1.29, 1.82) is 0 Å². The Labute approximate surface area is 104 Å². The van der Waals surface area contributed by atoms with E-state index in [1.54, 1.807) is 0 Å². The summed E-state index contributed by atoms with van der Waals surface area (Å²) in [6.07, 6.45) is 2.52. The largest absolute Gasteiger partial charge is 0.376 e. The van der Waals surface area contributed by atoms with Gasteiger partial charge in [-0.25, -0.2) is 0 Å². The van der Waals surface area contributed by atoms with Crippen molar-refractivity contribution in [3.05, 3.63) is 4.77 Å². The van der Waals surface area contributed by atoms with Gasteiger partial charge in [-0.1, -0.05) is 0 Å². The number of nitrogens with one attached hydrogen (secondary N) is 2. The molecular formula is C10H15N5OS. The molecule has 0 saturated carbocycles. The van der Waals surface area contributed by atoms with E-state index in [9.17, 15) is 0 Å². The van der Waals surface area contributed by atoms with Crippen molar-refractivity contribution in [2.75, 3.05) is 30.3 Å². The standard InChI is InChI=1S/C10H15N5OS/c17-10-14-8(12-6-7-2-1-5-16-7)13-9-11-3-4-15(9)10/h7H,1-6H2,(H2,11,12,13,14,17). The van der Waals surface area contributed by atoms with Gasteiger partial charge < -0.3 is 15.4 Å². The van der Waals surface area contributed by atoms with Crippen LogP contribution in [0.1, 0.15) is 12.8 Å². The van der Waals surface area contributed by atoms with Gasteiger partial charge in [-0.3, -0.25) is 4.57 Å². The lowest BCUT2D eigenvalue weighted by Crippen LogP contribution is -2.20. The molecule has 0 spiro atoms. The molecule has 92 valence electrons. The van der Waals surface area contributed by atoms with Gasteiger partial charge >= 0.3 is 0 Å². The first-order valence-corrected chi connectivity index (χ1v) is 6.32. The topological polar surface area (TPSA) is 64.0 Å². The number of ether oxygens (including phenoxy) is 1. The maximum Gasteiger partial charge on any atom is 0.228 e. The molecule has 3 rings (SSSR count). The third kappa shape index (κ3) is 2.25. The van der Waals surface area contributed by atoms with Crippen LogP contribution in [0.3, 0.4) is 0 Å². The summed E-state index contributed by atoms with van der Waals surface area (Å²) >= 11 is 5.22. The minimum absolute atomic E-state index is 0.279. The monoisotopic (exact) mass is 253 g/mol. The Morgan fingerprint density at radius 2 is 2.47 bits per heavy atom. The highest BCUT2D eigenvalue weighted by molar-refractivity contribution is 7.71. The van der Waals surface area contributed by atoms with Gasteiger partial charge in [-0.15, -0.1) is 0 Å². The second-order valence-electron chi connectivity index (χ2n) is 4.25. The smallest absolute Gasteiger partial charge is 0.228 e. The number of aromatic nitrogens is 3. The van der Waals surface area contributed by atoms with Crippen molar-refractivity contribution >= 4 is 24.1 Å². The van der Waals surface area contributed by atoms with E-state index in [1.807, 2.05) is 4.57 Å². The molecule has 6 nitrogen and oxygen atoms in total. The van der Waals surface area contributed by atoms with Crippen molar-refractivity contribution < 1.29 is 4.74 Å². The van der Waals surface area contributed by atoms with E-state index >= 15 is 0 Å². The fourth-order valence-corrected chi connectivity index (χ4v) is 2.40. The zero-order chi connectivity index (χ0) is 11.7. The molecule has 0 aliphatic carbocycles. The predicted molar refractivity (Wildman–Crippen MR) is 66.8 cm³/mol. The molecule has 0 radical (unpaired) electrons. The van der Waals surface area contributed by atoms with Gasteiger partial charge in [0.25, 0.3) is 0 Å².